The first-order chi connectivity index (χ1) is 11.5. The predicted molar refractivity (Wildman–Crippen MR) is 82.4 cm³/mol. The van der Waals surface area contributed by atoms with Crippen LogP contribution in [0.25, 0.3) is 0 Å². The molecule has 0 saturated heterocycles. The molecular formula is C16H15N3O5. The quantitative estimate of drug-likeness (QED) is 0.595. The lowest BCUT2D eigenvalue weighted by Gasteiger charge is -2.14. The molecule has 1 heterocycles. The number of carboxylic acids is 1. The fraction of sp³-hybridized carbons (Fsp3) is 0.188. The number of rotatable bonds is 6. The van der Waals surface area contributed by atoms with Gasteiger partial charge in [0.2, 0.25) is 0 Å². The number of benzene rings is 1. The third-order valence-corrected chi connectivity index (χ3v) is 3.02. The molecule has 0 aliphatic rings. The summed E-state index contributed by atoms with van der Waals surface area (Å²) in [7, 11) is 0. The Morgan fingerprint density at radius 3 is 2.46 bits per heavy atom. The standard InChI is InChI=1S/C16H15N3O5/c1-10(20)24-12-4-2-11(3-5-12)8-13(16(22)23)19-15(21)14-9-17-6-7-18-14/h2-7,9,13H,8H2,1H3,(H,19,21)(H,22,23). The maximum atomic E-state index is 12.0. The maximum absolute atomic E-state index is 12.0. The fourth-order valence-corrected chi connectivity index (χ4v) is 1.94. The van der Waals surface area contributed by atoms with Crippen molar-refractivity contribution in [2.45, 2.75) is 19.4 Å². The van der Waals surface area contributed by atoms with Crippen LogP contribution in [-0.4, -0.2) is 39.0 Å². The number of nitrogens with zero attached hydrogens (tertiary/aromatic N) is 2. The lowest BCUT2D eigenvalue weighted by molar-refractivity contribution is -0.139. The number of carboxylic acid groups (broad SMARTS) is 1. The SMILES string of the molecule is CC(=O)Oc1ccc(CC(NC(=O)c2cnccn2)C(=O)O)cc1. The van der Waals surface area contributed by atoms with Gasteiger partial charge in [0, 0.05) is 25.7 Å². The zero-order chi connectivity index (χ0) is 17.5. The molecule has 8 heteroatoms. The summed E-state index contributed by atoms with van der Waals surface area (Å²) in [6.45, 7) is 1.29. The molecule has 24 heavy (non-hydrogen) atoms. The van der Waals surface area contributed by atoms with Crippen molar-refractivity contribution in [2.75, 3.05) is 0 Å². The number of carbonyl (C=O) groups excluding carboxylic acids is 2. The van der Waals surface area contributed by atoms with E-state index < -0.39 is 23.9 Å². The number of aromatic nitrogens is 2. The van der Waals surface area contributed by atoms with Crippen LogP contribution >= 0.6 is 0 Å². The predicted octanol–water partition coefficient (Wildman–Crippen LogP) is 0.828. The maximum Gasteiger partial charge on any atom is 0.326 e. The molecule has 8 nitrogen and oxygen atoms in total. The number of amides is 1. The highest BCUT2D eigenvalue weighted by Crippen LogP contribution is 2.14. The van der Waals surface area contributed by atoms with E-state index in [-0.39, 0.29) is 12.1 Å². The molecule has 0 aliphatic carbocycles. The molecule has 1 aromatic heterocycles. The first-order valence-corrected chi connectivity index (χ1v) is 7.02. The molecule has 1 unspecified atom stereocenters. The zero-order valence-corrected chi connectivity index (χ0v) is 12.8. The molecule has 0 radical (unpaired) electrons. The van der Waals surface area contributed by atoms with Gasteiger partial charge >= 0.3 is 11.9 Å². The number of esters is 1. The third kappa shape index (κ3) is 4.87. The average Bonchev–Trinajstić information content (AvgIpc) is 2.56. The van der Waals surface area contributed by atoms with Crippen LogP contribution in [-0.2, 0) is 16.0 Å². The van der Waals surface area contributed by atoms with Gasteiger partial charge in [-0.25, -0.2) is 9.78 Å². The summed E-state index contributed by atoms with van der Waals surface area (Å²) in [5.41, 5.74) is 0.701. The highest BCUT2D eigenvalue weighted by molar-refractivity contribution is 5.94. The van der Waals surface area contributed by atoms with Crippen molar-refractivity contribution in [1.82, 2.24) is 15.3 Å². The van der Waals surface area contributed by atoms with E-state index in [0.29, 0.717) is 11.3 Å². The Hall–Kier alpha value is -3.29. The summed E-state index contributed by atoms with van der Waals surface area (Å²) in [6, 6.07) is 5.24. The summed E-state index contributed by atoms with van der Waals surface area (Å²) in [5, 5.41) is 11.7. The number of ether oxygens (including phenoxy) is 1. The van der Waals surface area contributed by atoms with Crippen molar-refractivity contribution in [2.24, 2.45) is 0 Å². The van der Waals surface area contributed by atoms with E-state index in [4.69, 9.17) is 4.74 Å². The van der Waals surface area contributed by atoms with E-state index in [1.807, 2.05) is 0 Å². The second-order valence-corrected chi connectivity index (χ2v) is 4.90. The normalized spacial score (nSPS) is 11.4. The summed E-state index contributed by atoms with van der Waals surface area (Å²) < 4.78 is 4.90. The molecule has 0 spiro atoms. The molecule has 1 amide bonds. The van der Waals surface area contributed by atoms with Crippen LogP contribution < -0.4 is 10.1 Å². The van der Waals surface area contributed by atoms with Crippen molar-refractivity contribution >= 4 is 17.8 Å². The van der Waals surface area contributed by atoms with Gasteiger partial charge in [0.1, 0.15) is 17.5 Å². The van der Waals surface area contributed by atoms with Gasteiger partial charge in [-0.1, -0.05) is 12.1 Å². The van der Waals surface area contributed by atoms with Crippen molar-refractivity contribution in [3.05, 3.63) is 54.1 Å². The van der Waals surface area contributed by atoms with Gasteiger partial charge in [-0.3, -0.25) is 14.6 Å². The van der Waals surface area contributed by atoms with E-state index in [0.717, 1.165) is 0 Å². The summed E-state index contributed by atoms with van der Waals surface area (Å²) in [6.07, 6.45) is 4.08. The summed E-state index contributed by atoms with van der Waals surface area (Å²) in [5.74, 6) is -1.87. The molecule has 1 atom stereocenters. The van der Waals surface area contributed by atoms with Gasteiger partial charge in [0.05, 0.1) is 6.20 Å². The molecule has 0 saturated carbocycles. The lowest BCUT2D eigenvalue weighted by atomic mass is 10.1. The molecule has 2 rings (SSSR count). The van der Waals surface area contributed by atoms with Crippen LogP contribution in [0.2, 0.25) is 0 Å². The Morgan fingerprint density at radius 2 is 1.92 bits per heavy atom. The second-order valence-electron chi connectivity index (χ2n) is 4.90. The first kappa shape index (κ1) is 17.1. The molecule has 2 aromatic rings. The van der Waals surface area contributed by atoms with Gasteiger partial charge in [0.25, 0.3) is 5.91 Å². The number of hydrogen-bond donors (Lipinski definition) is 2. The molecule has 2 N–H and O–H groups in total. The van der Waals surface area contributed by atoms with Crippen LogP contribution in [0, 0.1) is 0 Å². The molecule has 0 bridgehead atoms. The highest BCUT2D eigenvalue weighted by atomic mass is 16.5. The molecule has 0 fully saturated rings. The smallest absolute Gasteiger partial charge is 0.326 e. The minimum Gasteiger partial charge on any atom is -0.480 e. The first-order valence-electron chi connectivity index (χ1n) is 7.02. The van der Waals surface area contributed by atoms with Crippen LogP contribution in [0.4, 0.5) is 0 Å². The third-order valence-electron chi connectivity index (χ3n) is 3.02. The number of nitrogens with one attached hydrogen (secondary N) is 1. The number of carbonyl (C=O) groups is 3. The van der Waals surface area contributed by atoms with E-state index in [1.165, 1.54) is 25.5 Å². The van der Waals surface area contributed by atoms with Gasteiger partial charge < -0.3 is 15.2 Å². The van der Waals surface area contributed by atoms with E-state index in [9.17, 15) is 19.5 Å². The minimum absolute atomic E-state index is 0.0361. The Bertz CT molecular complexity index is 731. The molecular weight excluding hydrogens is 314 g/mol. The van der Waals surface area contributed by atoms with Crippen LogP contribution in [0.5, 0.6) is 5.75 Å². The molecule has 0 aliphatic heterocycles. The number of hydrogen-bond acceptors (Lipinski definition) is 6. The Kier molecular flexibility index (Phi) is 5.56. The largest absolute Gasteiger partial charge is 0.480 e. The van der Waals surface area contributed by atoms with Gasteiger partial charge in [0.15, 0.2) is 0 Å². The Labute approximate surface area is 137 Å². The van der Waals surface area contributed by atoms with E-state index >= 15 is 0 Å². The van der Waals surface area contributed by atoms with Crippen molar-refractivity contribution in [1.29, 1.82) is 0 Å². The van der Waals surface area contributed by atoms with Crippen LogP contribution in [0.3, 0.4) is 0 Å². The van der Waals surface area contributed by atoms with Crippen molar-refractivity contribution in [3.8, 4) is 5.75 Å². The lowest BCUT2D eigenvalue weighted by Crippen LogP contribution is -2.42. The van der Waals surface area contributed by atoms with Crippen LogP contribution in [0.1, 0.15) is 23.0 Å². The van der Waals surface area contributed by atoms with Gasteiger partial charge in [-0.05, 0) is 17.7 Å². The van der Waals surface area contributed by atoms with Crippen LogP contribution in [0.15, 0.2) is 42.9 Å². The summed E-state index contributed by atoms with van der Waals surface area (Å²) >= 11 is 0. The van der Waals surface area contributed by atoms with Gasteiger partial charge in [-0.2, -0.15) is 0 Å². The second kappa shape index (κ2) is 7.82. The summed E-state index contributed by atoms with van der Waals surface area (Å²) in [4.78, 5) is 41.8. The zero-order valence-electron chi connectivity index (χ0n) is 12.8. The fourth-order valence-electron chi connectivity index (χ4n) is 1.94. The van der Waals surface area contributed by atoms with Crippen molar-refractivity contribution < 1.29 is 24.2 Å². The minimum atomic E-state index is -1.17. The van der Waals surface area contributed by atoms with Gasteiger partial charge in [-0.15, -0.1) is 0 Å². The van der Waals surface area contributed by atoms with E-state index in [2.05, 4.69) is 15.3 Å². The average molecular weight is 329 g/mol. The molecule has 1 aromatic carbocycles. The monoisotopic (exact) mass is 329 g/mol. The highest BCUT2D eigenvalue weighted by Gasteiger charge is 2.21. The van der Waals surface area contributed by atoms with E-state index in [1.54, 1.807) is 24.3 Å². The topological polar surface area (TPSA) is 118 Å². The van der Waals surface area contributed by atoms with Crippen molar-refractivity contribution in [3.63, 3.8) is 0 Å². The molecule has 124 valence electrons. The Balaban J connectivity index is 2.04. The number of aliphatic carboxylic acids is 1. The Morgan fingerprint density at radius 1 is 1.21 bits per heavy atom.